The molecule has 1 aliphatic heterocycles. The van der Waals surface area contributed by atoms with E-state index >= 15 is 0 Å². The van der Waals surface area contributed by atoms with Crippen LogP contribution in [0, 0.1) is 0 Å². The van der Waals surface area contributed by atoms with E-state index in [1.807, 2.05) is 0 Å². The van der Waals surface area contributed by atoms with Crippen LogP contribution in [0.2, 0.25) is 0 Å². The Morgan fingerprint density at radius 1 is 1.16 bits per heavy atom. The Balaban J connectivity index is 1.95. The molecule has 1 aliphatic rings. The molecule has 0 N–H and O–H groups in total. The minimum absolute atomic E-state index is 0.137. The maximum atomic E-state index is 13.0. The fourth-order valence-electron chi connectivity index (χ4n) is 2.48. The highest BCUT2D eigenvalue weighted by Crippen LogP contribution is 2.35. The van der Waals surface area contributed by atoms with E-state index in [-0.39, 0.29) is 11.4 Å². The number of hydrogen-bond acceptors (Lipinski definition) is 6. The summed E-state index contributed by atoms with van der Waals surface area (Å²) in [7, 11) is -2.37. The molecule has 0 aromatic heterocycles. The fraction of sp³-hybridized carbons (Fsp3) is 0.176. The molecule has 0 amide bonds. The Labute approximate surface area is 150 Å². The third kappa shape index (κ3) is 3.27. The maximum absolute atomic E-state index is 13.0. The van der Waals surface area contributed by atoms with Gasteiger partial charge >= 0.3 is 5.97 Å². The normalized spacial score (nSPS) is 15.3. The first-order valence-electron chi connectivity index (χ1n) is 7.39. The monoisotopic (exact) mass is 376 g/mol. The summed E-state index contributed by atoms with van der Waals surface area (Å²) in [4.78, 5) is 16.1. The van der Waals surface area contributed by atoms with Gasteiger partial charge in [-0.25, -0.2) is 22.5 Å². The number of nitrogens with zero attached hydrogens (tertiary/aromatic N) is 2. The second-order valence-corrected chi connectivity index (χ2v) is 7.87. The highest BCUT2D eigenvalue weighted by atomic mass is 32.2. The van der Waals surface area contributed by atoms with Gasteiger partial charge in [-0.3, -0.25) is 0 Å². The van der Waals surface area contributed by atoms with Crippen LogP contribution in [0.4, 0.5) is 5.69 Å². The topological polar surface area (TPSA) is 76.0 Å². The Bertz CT molecular complexity index is 937. The number of thioether (sulfide) groups is 1. The van der Waals surface area contributed by atoms with E-state index in [4.69, 9.17) is 0 Å². The van der Waals surface area contributed by atoms with Crippen molar-refractivity contribution in [3.05, 3.63) is 59.7 Å². The van der Waals surface area contributed by atoms with Gasteiger partial charge in [0.2, 0.25) is 0 Å². The number of hydrogen-bond donors (Lipinski definition) is 0. The van der Waals surface area contributed by atoms with Gasteiger partial charge in [0.25, 0.3) is 10.0 Å². The van der Waals surface area contributed by atoms with Gasteiger partial charge < -0.3 is 4.74 Å². The molecule has 25 heavy (non-hydrogen) atoms. The first-order chi connectivity index (χ1) is 12.0. The summed E-state index contributed by atoms with van der Waals surface area (Å²) < 4.78 is 31.9. The van der Waals surface area contributed by atoms with E-state index in [1.54, 1.807) is 54.8 Å². The van der Waals surface area contributed by atoms with E-state index in [2.05, 4.69) is 9.73 Å². The number of methoxy groups -OCH3 is 1. The molecular formula is C17H16N2O4S2. The minimum atomic E-state index is -3.68. The van der Waals surface area contributed by atoms with Crippen molar-refractivity contribution in [3.8, 4) is 0 Å². The predicted octanol–water partition coefficient (Wildman–Crippen LogP) is 3.03. The van der Waals surface area contributed by atoms with Crippen LogP contribution in [0.5, 0.6) is 0 Å². The summed E-state index contributed by atoms with van der Waals surface area (Å²) in [6.45, 7) is 0.137. The smallest absolute Gasteiger partial charge is 0.337 e. The highest BCUT2D eigenvalue weighted by molar-refractivity contribution is 8.14. The molecule has 0 atom stereocenters. The lowest BCUT2D eigenvalue weighted by molar-refractivity contribution is 0.0600. The van der Waals surface area contributed by atoms with Crippen molar-refractivity contribution in [3.63, 3.8) is 0 Å². The standard InChI is InChI=1S/C17H16N2O4S2/c1-23-16(20)13-9-7-12(8-10-13)11-19-17(24-2)18-14-5-3-4-6-15(14)25(19,21)22/h3-10H,11H2,1-2H3. The van der Waals surface area contributed by atoms with Gasteiger partial charge in [0.1, 0.15) is 4.90 Å². The van der Waals surface area contributed by atoms with Crippen LogP contribution < -0.4 is 0 Å². The summed E-state index contributed by atoms with van der Waals surface area (Å²) in [5.74, 6) is -0.433. The molecule has 1 heterocycles. The van der Waals surface area contributed by atoms with Crippen molar-refractivity contribution in [2.45, 2.75) is 11.4 Å². The van der Waals surface area contributed by atoms with Crippen molar-refractivity contribution in [1.82, 2.24) is 4.31 Å². The molecule has 2 aromatic rings. The average molecular weight is 376 g/mol. The molecular weight excluding hydrogens is 360 g/mol. The number of fused-ring (bicyclic) bond motifs is 1. The molecule has 6 nitrogen and oxygen atoms in total. The zero-order valence-electron chi connectivity index (χ0n) is 13.7. The minimum Gasteiger partial charge on any atom is -0.465 e. The van der Waals surface area contributed by atoms with E-state index in [9.17, 15) is 13.2 Å². The van der Waals surface area contributed by atoms with Crippen LogP contribution in [0.3, 0.4) is 0 Å². The lowest BCUT2D eigenvalue weighted by Crippen LogP contribution is -2.36. The van der Waals surface area contributed by atoms with Crippen molar-refractivity contribution >= 4 is 38.6 Å². The number of carbonyl (C=O) groups is 1. The van der Waals surface area contributed by atoms with Crippen LogP contribution in [0.1, 0.15) is 15.9 Å². The number of ether oxygens (including phenoxy) is 1. The van der Waals surface area contributed by atoms with Crippen molar-refractivity contribution in [1.29, 1.82) is 0 Å². The SMILES string of the molecule is COC(=O)c1ccc(CN2C(SC)=Nc3ccccc3S2(=O)=O)cc1. The van der Waals surface area contributed by atoms with Gasteiger partial charge in [-0.1, -0.05) is 36.0 Å². The number of carbonyl (C=O) groups excluding carboxylic acids is 1. The van der Waals surface area contributed by atoms with Crippen LogP contribution in [-0.2, 0) is 21.3 Å². The van der Waals surface area contributed by atoms with Gasteiger partial charge in [-0.05, 0) is 36.1 Å². The molecule has 8 heteroatoms. The van der Waals surface area contributed by atoms with Crippen LogP contribution in [-0.4, -0.2) is 37.2 Å². The second-order valence-electron chi connectivity index (χ2n) is 5.27. The van der Waals surface area contributed by atoms with Crippen molar-refractivity contribution in [2.24, 2.45) is 4.99 Å². The Morgan fingerprint density at radius 2 is 1.84 bits per heavy atom. The lowest BCUT2D eigenvalue weighted by atomic mass is 10.1. The molecule has 0 aliphatic carbocycles. The first-order valence-corrected chi connectivity index (χ1v) is 10.1. The molecule has 0 unspecified atom stereocenters. The summed E-state index contributed by atoms with van der Waals surface area (Å²) in [6.07, 6.45) is 1.79. The lowest BCUT2D eigenvalue weighted by Gasteiger charge is -2.28. The van der Waals surface area contributed by atoms with Crippen LogP contribution in [0.25, 0.3) is 0 Å². The predicted molar refractivity (Wildman–Crippen MR) is 97.6 cm³/mol. The molecule has 0 bridgehead atoms. The van der Waals surface area contributed by atoms with E-state index < -0.39 is 16.0 Å². The average Bonchev–Trinajstić information content (AvgIpc) is 2.64. The van der Waals surface area contributed by atoms with Gasteiger partial charge in [0, 0.05) is 0 Å². The zero-order valence-corrected chi connectivity index (χ0v) is 15.3. The quantitative estimate of drug-likeness (QED) is 0.770. The molecule has 2 aromatic carbocycles. The van der Waals surface area contributed by atoms with Gasteiger partial charge in [-0.15, -0.1) is 0 Å². The number of benzene rings is 2. The number of rotatable bonds is 3. The molecule has 0 saturated carbocycles. The molecule has 0 radical (unpaired) electrons. The van der Waals surface area contributed by atoms with E-state index in [0.717, 1.165) is 5.56 Å². The summed E-state index contributed by atoms with van der Waals surface area (Å²) in [5.41, 5.74) is 1.61. The fourth-order valence-corrected chi connectivity index (χ4v) is 4.89. The third-order valence-corrected chi connectivity index (χ3v) is 6.32. The number of amidine groups is 1. The summed E-state index contributed by atoms with van der Waals surface area (Å²) in [6, 6.07) is 13.3. The third-order valence-electron chi connectivity index (χ3n) is 3.75. The number of aliphatic imine (C=N–C) groups is 1. The maximum Gasteiger partial charge on any atom is 0.337 e. The zero-order chi connectivity index (χ0) is 18.0. The first kappa shape index (κ1) is 17.5. The molecule has 0 spiro atoms. The van der Waals surface area contributed by atoms with Crippen LogP contribution >= 0.6 is 11.8 Å². The second kappa shape index (κ2) is 6.89. The van der Waals surface area contributed by atoms with E-state index in [1.165, 1.54) is 23.2 Å². The summed E-state index contributed by atoms with van der Waals surface area (Å²) in [5, 5.41) is 0.413. The van der Waals surface area contributed by atoms with Gasteiger partial charge in [0.05, 0.1) is 24.9 Å². The highest BCUT2D eigenvalue weighted by Gasteiger charge is 2.33. The molecule has 0 fully saturated rings. The summed E-state index contributed by atoms with van der Waals surface area (Å²) >= 11 is 1.27. The number of esters is 1. The largest absolute Gasteiger partial charge is 0.465 e. The van der Waals surface area contributed by atoms with Gasteiger partial charge in [-0.2, -0.15) is 0 Å². The number of sulfonamides is 1. The molecule has 3 rings (SSSR count). The van der Waals surface area contributed by atoms with E-state index in [0.29, 0.717) is 16.4 Å². The molecule has 0 saturated heterocycles. The Hall–Kier alpha value is -2.32. The Kier molecular flexibility index (Phi) is 4.82. The van der Waals surface area contributed by atoms with Crippen molar-refractivity contribution in [2.75, 3.05) is 13.4 Å². The van der Waals surface area contributed by atoms with Crippen molar-refractivity contribution < 1.29 is 17.9 Å². The van der Waals surface area contributed by atoms with Gasteiger partial charge in [0.15, 0.2) is 5.17 Å². The molecule has 130 valence electrons. The van der Waals surface area contributed by atoms with Crippen LogP contribution in [0.15, 0.2) is 58.4 Å². The number of para-hydroxylation sites is 1. The Morgan fingerprint density at radius 3 is 2.48 bits per heavy atom.